The quantitative estimate of drug-likeness (QED) is 0.386. The molecule has 5 nitrogen and oxygen atoms in total. The van der Waals surface area contributed by atoms with Crippen molar-refractivity contribution in [3.63, 3.8) is 0 Å². The van der Waals surface area contributed by atoms with Crippen LogP contribution in [-0.4, -0.2) is 21.2 Å². The number of rotatable bonds is 5. The van der Waals surface area contributed by atoms with Crippen molar-refractivity contribution in [3.8, 4) is 5.69 Å². The van der Waals surface area contributed by atoms with Crippen LogP contribution in [0.25, 0.3) is 5.69 Å². The fourth-order valence-electron chi connectivity index (χ4n) is 2.11. The van der Waals surface area contributed by atoms with Crippen molar-refractivity contribution in [2.75, 3.05) is 0 Å². The summed E-state index contributed by atoms with van der Waals surface area (Å²) in [7, 11) is 0. The van der Waals surface area contributed by atoms with Crippen LogP contribution in [0.2, 0.25) is 0 Å². The Morgan fingerprint density at radius 2 is 2.04 bits per heavy atom. The van der Waals surface area contributed by atoms with Gasteiger partial charge in [-0.1, -0.05) is 48.2 Å². The fourth-order valence-corrected chi connectivity index (χ4v) is 3.30. The second kappa shape index (κ2) is 8.64. The van der Waals surface area contributed by atoms with Crippen molar-refractivity contribution < 1.29 is 0 Å². The highest BCUT2D eigenvalue weighted by Gasteiger charge is 2.03. The minimum atomic E-state index is 0.437. The molecule has 25 heavy (non-hydrogen) atoms. The second-order valence-corrected chi connectivity index (χ2v) is 6.97. The summed E-state index contributed by atoms with van der Waals surface area (Å²) in [4.78, 5) is 0. The average Bonchev–Trinajstić information content (AvgIpc) is 3.15. The van der Waals surface area contributed by atoms with Gasteiger partial charge in [-0.25, -0.2) is 4.68 Å². The molecule has 0 aliphatic rings. The standard InChI is InChI=1S/C18H16BrN5S/c19-16-11-15(7-8-17(16)24-10-4-9-22-24)12-21-23-18(20)25-13-14-5-2-1-3-6-14/h1-12H,13H2,(H2,20,23). The largest absolute Gasteiger partial charge is 0.377 e. The minimum Gasteiger partial charge on any atom is -0.377 e. The van der Waals surface area contributed by atoms with Gasteiger partial charge in [-0.2, -0.15) is 10.2 Å². The predicted molar refractivity (Wildman–Crippen MR) is 108 cm³/mol. The van der Waals surface area contributed by atoms with E-state index in [0.717, 1.165) is 21.5 Å². The zero-order chi connectivity index (χ0) is 17.5. The average molecular weight is 414 g/mol. The molecule has 0 bridgehead atoms. The summed E-state index contributed by atoms with van der Waals surface area (Å²) in [6.45, 7) is 0. The summed E-state index contributed by atoms with van der Waals surface area (Å²) in [6.07, 6.45) is 5.31. The van der Waals surface area contributed by atoms with Gasteiger partial charge in [-0.15, -0.1) is 5.10 Å². The van der Waals surface area contributed by atoms with E-state index in [4.69, 9.17) is 5.73 Å². The highest BCUT2D eigenvalue weighted by atomic mass is 79.9. The third-order valence-electron chi connectivity index (χ3n) is 3.32. The van der Waals surface area contributed by atoms with Crippen LogP contribution in [0.5, 0.6) is 0 Å². The molecule has 0 saturated carbocycles. The molecule has 1 heterocycles. The van der Waals surface area contributed by atoms with Crippen LogP contribution in [-0.2, 0) is 5.75 Å². The van der Waals surface area contributed by atoms with Crippen LogP contribution in [0.1, 0.15) is 11.1 Å². The maximum Gasteiger partial charge on any atom is 0.180 e. The first-order valence-corrected chi connectivity index (χ1v) is 9.33. The molecule has 7 heteroatoms. The topological polar surface area (TPSA) is 68.6 Å². The highest BCUT2D eigenvalue weighted by Crippen LogP contribution is 2.21. The van der Waals surface area contributed by atoms with Crippen molar-refractivity contribution in [1.82, 2.24) is 9.78 Å². The van der Waals surface area contributed by atoms with Crippen molar-refractivity contribution in [2.24, 2.45) is 15.9 Å². The minimum absolute atomic E-state index is 0.437. The molecule has 3 aromatic rings. The Balaban J connectivity index is 1.60. The first-order valence-electron chi connectivity index (χ1n) is 7.55. The van der Waals surface area contributed by atoms with E-state index in [0.29, 0.717) is 5.17 Å². The first-order chi connectivity index (χ1) is 12.2. The predicted octanol–water partition coefficient (Wildman–Crippen LogP) is 4.22. The molecule has 0 radical (unpaired) electrons. The summed E-state index contributed by atoms with van der Waals surface area (Å²) in [5.41, 5.74) is 8.97. The summed E-state index contributed by atoms with van der Waals surface area (Å²) >= 11 is 5.01. The lowest BCUT2D eigenvalue weighted by Crippen LogP contribution is -2.06. The van der Waals surface area contributed by atoms with Gasteiger partial charge >= 0.3 is 0 Å². The van der Waals surface area contributed by atoms with Crippen LogP contribution >= 0.6 is 27.7 Å². The maximum absolute atomic E-state index is 5.88. The third-order valence-corrected chi connectivity index (χ3v) is 4.81. The van der Waals surface area contributed by atoms with Gasteiger partial charge in [0.05, 0.1) is 11.9 Å². The Kier molecular flexibility index (Phi) is 6.03. The third kappa shape index (κ3) is 5.04. The smallest absolute Gasteiger partial charge is 0.180 e. The molecule has 2 N–H and O–H groups in total. The van der Waals surface area contributed by atoms with Crippen LogP contribution in [0.3, 0.4) is 0 Å². The van der Waals surface area contributed by atoms with E-state index < -0.39 is 0 Å². The lowest BCUT2D eigenvalue weighted by Gasteiger charge is -2.04. The number of thioether (sulfide) groups is 1. The highest BCUT2D eigenvalue weighted by molar-refractivity contribution is 9.10. The zero-order valence-corrected chi connectivity index (χ0v) is 15.7. The van der Waals surface area contributed by atoms with Crippen molar-refractivity contribution in [3.05, 3.63) is 82.6 Å². The van der Waals surface area contributed by atoms with Gasteiger partial charge < -0.3 is 5.73 Å². The Bertz CT molecular complexity index is 876. The molecule has 0 saturated heterocycles. The number of hydrogen-bond donors (Lipinski definition) is 1. The van der Waals surface area contributed by atoms with Crippen molar-refractivity contribution in [2.45, 2.75) is 5.75 Å². The SMILES string of the molecule is NC(=NN=Cc1ccc(-n2cccn2)c(Br)c1)SCc1ccccc1. The number of nitrogens with zero attached hydrogens (tertiary/aromatic N) is 4. The Labute approximate surface area is 158 Å². The van der Waals surface area contributed by atoms with Crippen molar-refractivity contribution >= 4 is 39.1 Å². The van der Waals surface area contributed by atoms with E-state index in [-0.39, 0.29) is 0 Å². The number of halogens is 1. The zero-order valence-electron chi connectivity index (χ0n) is 13.3. The molecule has 0 amide bonds. The number of hydrogen-bond acceptors (Lipinski definition) is 4. The van der Waals surface area contributed by atoms with Gasteiger partial charge in [0.25, 0.3) is 0 Å². The molecule has 0 fully saturated rings. The number of nitrogens with two attached hydrogens (primary N) is 1. The molecular weight excluding hydrogens is 398 g/mol. The fraction of sp³-hybridized carbons (Fsp3) is 0.0556. The normalized spacial score (nSPS) is 12.0. The molecule has 1 aromatic heterocycles. The summed E-state index contributed by atoms with van der Waals surface area (Å²) < 4.78 is 2.72. The number of aromatic nitrogens is 2. The molecule has 126 valence electrons. The van der Waals surface area contributed by atoms with E-state index in [1.807, 2.05) is 48.7 Å². The molecule has 0 atom stereocenters. The Morgan fingerprint density at radius 3 is 2.76 bits per heavy atom. The van der Waals surface area contributed by atoms with E-state index >= 15 is 0 Å². The summed E-state index contributed by atoms with van der Waals surface area (Å²) in [5.74, 6) is 0.774. The first kappa shape index (κ1) is 17.4. The molecule has 2 aromatic carbocycles. The molecule has 0 spiro atoms. The molecular formula is C18H16BrN5S. The Hall–Kier alpha value is -2.38. The summed E-state index contributed by atoms with van der Waals surface area (Å²) in [6, 6.07) is 17.9. The number of amidine groups is 1. The second-order valence-electron chi connectivity index (χ2n) is 5.12. The van der Waals surface area contributed by atoms with E-state index in [9.17, 15) is 0 Å². The van der Waals surface area contributed by atoms with Crippen LogP contribution in [0, 0.1) is 0 Å². The Morgan fingerprint density at radius 1 is 1.20 bits per heavy atom. The van der Waals surface area contributed by atoms with Gasteiger partial charge in [0, 0.05) is 22.6 Å². The molecule has 0 unspecified atom stereocenters. The van der Waals surface area contributed by atoms with Crippen LogP contribution in [0.15, 0.2) is 81.7 Å². The van der Waals surface area contributed by atoms with Crippen LogP contribution < -0.4 is 5.73 Å². The number of benzene rings is 2. The van der Waals surface area contributed by atoms with Gasteiger partial charge in [-0.3, -0.25) is 0 Å². The van der Waals surface area contributed by atoms with E-state index in [2.05, 4.69) is 43.4 Å². The monoisotopic (exact) mass is 413 g/mol. The van der Waals surface area contributed by atoms with Gasteiger partial charge in [0.1, 0.15) is 0 Å². The molecule has 0 aliphatic carbocycles. The lowest BCUT2D eigenvalue weighted by atomic mass is 10.2. The van der Waals surface area contributed by atoms with E-state index in [1.165, 1.54) is 17.3 Å². The molecule has 3 rings (SSSR count). The van der Waals surface area contributed by atoms with Gasteiger partial charge in [0.2, 0.25) is 0 Å². The maximum atomic E-state index is 5.88. The van der Waals surface area contributed by atoms with Gasteiger partial charge in [0.15, 0.2) is 5.17 Å². The summed E-state index contributed by atoms with van der Waals surface area (Å²) in [5, 5.41) is 12.7. The van der Waals surface area contributed by atoms with Gasteiger partial charge in [-0.05, 0) is 45.3 Å². The van der Waals surface area contributed by atoms with Crippen LogP contribution in [0.4, 0.5) is 0 Å². The van der Waals surface area contributed by atoms with E-state index in [1.54, 1.807) is 17.1 Å². The molecule has 0 aliphatic heterocycles. The van der Waals surface area contributed by atoms with Crippen molar-refractivity contribution in [1.29, 1.82) is 0 Å². The lowest BCUT2D eigenvalue weighted by molar-refractivity contribution is 0.876.